The van der Waals surface area contributed by atoms with Gasteiger partial charge in [0, 0.05) is 42.5 Å². The van der Waals surface area contributed by atoms with E-state index in [0.717, 1.165) is 24.4 Å². The first-order chi connectivity index (χ1) is 14.9. The number of halogens is 2. The number of pyridine rings is 1. The van der Waals surface area contributed by atoms with Crippen molar-refractivity contribution >= 4 is 34.4 Å². The Morgan fingerprint density at radius 3 is 3.10 bits per heavy atom. The molecule has 0 aliphatic carbocycles. The molecule has 6 N–H and O–H groups in total. The summed E-state index contributed by atoms with van der Waals surface area (Å²) in [6.45, 7) is 1.37. The molecule has 0 bridgehead atoms. The number of aromatic nitrogens is 4. The number of carbonyl (C=O) groups is 1. The molecule has 3 aromatic heterocycles. The highest BCUT2D eigenvalue weighted by atomic mass is 35.5. The zero-order valence-electron chi connectivity index (χ0n) is 16.5. The van der Waals surface area contributed by atoms with Crippen molar-refractivity contribution in [1.82, 2.24) is 30.3 Å². The minimum absolute atomic E-state index is 0.0847. The fourth-order valence-corrected chi connectivity index (χ4v) is 3.88. The lowest BCUT2D eigenvalue weighted by Crippen LogP contribution is -2.49. The minimum atomic E-state index is -1.23. The first-order valence-corrected chi connectivity index (χ1v) is 10.2. The number of nitrogens with zero attached hydrogens (tertiary/aromatic N) is 4. The van der Waals surface area contributed by atoms with E-state index in [4.69, 9.17) is 17.4 Å². The maximum atomic E-state index is 14.5. The smallest absolute Gasteiger partial charge is 0.264 e. The lowest BCUT2D eigenvalue weighted by atomic mass is 10.1. The number of β-amino-alcohol motifs (C(OH)–C–C–N with tert-alkyl or cyclic N) is 1. The number of fused-ring (bicyclic) bond motifs is 1. The molecular weight excluding hydrogens is 427 g/mol. The number of aromatic amines is 1. The van der Waals surface area contributed by atoms with Crippen LogP contribution in [0.25, 0.3) is 22.4 Å². The molecule has 0 aromatic carbocycles. The Labute approximate surface area is 182 Å². The number of carbonyl (C=O) groups excluding carboxylic acids is 1. The average Bonchev–Trinajstić information content (AvgIpc) is 3.18. The molecule has 2 atom stereocenters. The second kappa shape index (κ2) is 9.10. The summed E-state index contributed by atoms with van der Waals surface area (Å²) in [6, 6.07) is 1.63. The van der Waals surface area contributed by atoms with Gasteiger partial charge in [-0.2, -0.15) is 0 Å². The van der Waals surface area contributed by atoms with E-state index in [1.165, 1.54) is 6.20 Å². The molecule has 31 heavy (non-hydrogen) atoms. The number of nitrogens with two attached hydrogens (primary N) is 1. The average molecular weight is 449 g/mol. The normalized spacial score (nSPS) is 18.1. The Kier molecular flexibility index (Phi) is 6.28. The highest BCUT2D eigenvalue weighted by Crippen LogP contribution is 2.28. The van der Waals surface area contributed by atoms with Gasteiger partial charge in [0.2, 0.25) is 0 Å². The van der Waals surface area contributed by atoms with Crippen molar-refractivity contribution in [2.75, 3.05) is 25.0 Å². The summed E-state index contributed by atoms with van der Waals surface area (Å²) in [6.07, 6.45) is 4.75. The number of amides is 1. The van der Waals surface area contributed by atoms with Gasteiger partial charge in [0.15, 0.2) is 17.5 Å². The molecule has 1 aliphatic heterocycles. The molecule has 4 rings (SSSR count). The van der Waals surface area contributed by atoms with Crippen LogP contribution in [0, 0.1) is 5.82 Å². The van der Waals surface area contributed by atoms with Crippen LogP contribution in [0.4, 0.5) is 10.2 Å². The zero-order chi connectivity index (χ0) is 22.0. The molecule has 1 saturated heterocycles. The Morgan fingerprint density at radius 1 is 1.45 bits per heavy atom. The summed E-state index contributed by atoms with van der Waals surface area (Å²) in [4.78, 5) is 29.1. The topological polar surface area (TPSA) is 145 Å². The Hall–Kier alpha value is -2.86. The van der Waals surface area contributed by atoms with Crippen LogP contribution in [0.3, 0.4) is 0 Å². The van der Waals surface area contributed by atoms with Crippen molar-refractivity contribution in [2.24, 2.45) is 5.84 Å². The molecule has 1 fully saturated rings. The van der Waals surface area contributed by atoms with Gasteiger partial charge in [-0.25, -0.2) is 25.2 Å². The van der Waals surface area contributed by atoms with Gasteiger partial charge in [0.1, 0.15) is 11.8 Å². The number of rotatable bonds is 6. The number of H-pyrrole nitrogens is 1. The van der Waals surface area contributed by atoms with Crippen LogP contribution in [0.15, 0.2) is 24.7 Å². The van der Waals surface area contributed by atoms with Gasteiger partial charge < -0.3 is 15.4 Å². The second-order valence-electron chi connectivity index (χ2n) is 7.41. The van der Waals surface area contributed by atoms with Crippen molar-refractivity contribution in [3.05, 3.63) is 35.5 Å². The van der Waals surface area contributed by atoms with E-state index in [2.05, 4.69) is 25.3 Å². The van der Waals surface area contributed by atoms with Gasteiger partial charge in [-0.15, -0.1) is 0 Å². The van der Waals surface area contributed by atoms with Gasteiger partial charge in [-0.3, -0.25) is 15.1 Å². The van der Waals surface area contributed by atoms with E-state index in [9.17, 15) is 14.3 Å². The Balaban J connectivity index is 1.51. The van der Waals surface area contributed by atoms with Crippen LogP contribution >= 0.6 is 11.6 Å². The fourth-order valence-electron chi connectivity index (χ4n) is 3.72. The molecule has 164 valence electrons. The highest BCUT2D eigenvalue weighted by Gasteiger charge is 2.25. The Bertz CT molecular complexity index is 1090. The van der Waals surface area contributed by atoms with Crippen LogP contribution in [0.2, 0.25) is 5.02 Å². The van der Waals surface area contributed by atoms with Gasteiger partial charge in [-0.05, 0) is 25.5 Å². The van der Waals surface area contributed by atoms with Crippen LogP contribution < -0.4 is 16.6 Å². The number of hydrogen-bond donors (Lipinski definition) is 5. The molecule has 0 radical (unpaired) electrons. The second-order valence-corrected chi connectivity index (χ2v) is 7.85. The predicted octanol–water partition coefficient (Wildman–Crippen LogP) is 1.04. The summed E-state index contributed by atoms with van der Waals surface area (Å²) in [5, 5.41) is 14.2. The molecule has 1 amide bonds. The van der Waals surface area contributed by atoms with E-state index in [-0.39, 0.29) is 18.4 Å². The number of anilines is 1. The summed E-state index contributed by atoms with van der Waals surface area (Å²) in [5.41, 5.74) is 3.23. The van der Waals surface area contributed by atoms with Crippen LogP contribution in [-0.2, 0) is 4.79 Å². The maximum absolute atomic E-state index is 14.5. The number of likely N-dealkylation sites (tertiary alicyclic amines) is 1. The quantitative estimate of drug-likeness (QED) is 0.213. The lowest BCUT2D eigenvalue weighted by molar-refractivity contribution is -0.130. The third kappa shape index (κ3) is 4.74. The number of nitrogens with one attached hydrogen (secondary N) is 3. The number of aliphatic hydroxyl groups is 1. The van der Waals surface area contributed by atoms with E-state index in [0.29, 0.717) is 35.1 Å². The Morgan fingerprint density at radius 2 is 2.29 bits per heavy atom. The summed E-state index contributed by atoms with van der Waals surface area (Å²) in [7, 11) is 0. The van der Waals surface area contributed by atoms with E-state index < -0.39 is 17.8 Å². The van der Waals surface area contributed by atoms with E-state index >= 15 is 0 Å². The number of aliphatic hydroxyl groups excluding tert-OH is 1. The summed E-state index contributed by atoms with van der Waals surface area (Å²) < 4.78 is 14.5. The predicted molar refractivity (Wildman–Crippen MR) is 114 cm³/mol. The highest BCUT2D eigenvalue weighted by molar-refractivity contribution is 6.31. The van der Waals surface area contributed by atoms with Gasteiger partial charge in [0.05, 0.1) is 11.2 Å². The SMILES string of the molecule is NNC(=O)C(O)CN1CCC[C@H](Nc2nc(-c3c[nH]c4ncc(Cl)cc34)ncc2F)C1. The van der Waals surface area contributed by atoms with Crippen LogP contribution in [0.1, 0.15) is 12.8 Å². The third-order valence-electron chi connectivity index (χ3n) is 5.21. The summed E-state index contributed by atoms with van der Waals surface area (Å²) >= 11 is 6.05. The van der Waals surface area contributed by atoms with Crippen LogP contribution in [0.5, 0.6) is 0 Å². The van der Waals surface area contributed by atoms with Gasteiger partial charge in [0.25, 0.3) is 5.91 Å². The first kappa shape index (κ1) is 21.4. The monoisotopic (exact) mass is 448 g/mol. The first-order valence-electron chi connectivity index (χ1n) is 9.77. The molecule has 3 aromatic rings. The third-order valence-corrected chi connectivity index (χ3v) is 5.41. The van der Waals surface area contributed by atoms with Crippen molar-refractivity contribution in [1.29, 1.82) is 0 Å². The van der Waals surface area contributed by atoms with Crippen molar-refractivity contribution in [3.8, 4) is 11.4 Å². The van der Waals surface area contributed by atoms with E-state index in [1.807, 2.05) is 10.3 Å². The van der Waals surface area contributed by atoms with Crippen LogP contribution in [-0.4, -0.2) is 67.6 Å². The van der Waals surface area contributed by atoms with Crippen molar-refractivity contribution in [2.45, 2.75) is 25.0 Å². The van der Waals surface area contributed by atoms with Gasteiger partial charge >= 0.3 is 0 Å². The molecule has 0 spiro atoms. The molecule has 1 aliphatic rings. The standard InChI is InChI=1S/C19H22ClFN8O2/c20-10-4-12-13(6-24-16(12)23-5-10)17-25-7-14(21)18(27-17)26-11-2-1-3-29(8-11)9-15(30)19(31)28-22/h4-7,11,15,30H,1-3,8-9,22H2,(H,23,24)(H,28,31)(H,25,26,27)/t11-,15?/m0/s1. The van der Waals surface area contributed by atoms with E-state index in [1.54, 1.807) is 12.3 Å². The van der Waals surface area contributed by atoms with Crippen molar-refractivity contribution < 1.29 is 14.3 Å². The molecule has 0 saturated carbocycles. The number of hydrazine groups is 1. The molecular formula is C19H22ClFN8O2. The van der Waals surface area contributed by atoms with Gasteiger partial charge in [-0.1, -0.05) is 11.6 Å². The largest absolute Gasteiger partial charge is 0.382 e. The maximum Gasteiger partial charge on any atom is 0.264 e. The molecule has 4 heterocycles. The minimum Gasteiger partial charge on any atom is -0.382 e. The molecule has 12 heteroatoms. The van der Waals surface area contributed by atoms with Crippen molar-refractivity contribution in [3.63, 3.8) is 0 Å². The molecule has 1 unspecified atom stereocenters. The number of piperidine rings is 1. The fraction of sp³-hybridized carbons (Fsp3) is 0.368. The summed E-state index contributed by atoms with van der Waals surface area (Å²) in [5.74, 6) is 4.27. The lowest BCUT2D eigenvalue weighted by Gasteiger charge is -2.34. The zero-order valence-corrected chi connectivity index (χ0v) is 17.2. The molecule has 10 nitrogen and oxygen atoms in total. The number of hydrogen-bond acceptors (Lipinski definition) is 8.